The van der Waals surface area contributed by atoms with Crippen molar-refractivity contribution >= 4 is 16.7 Å². The summed E-state index contributed by atoms with van der Waals surface area (Å²) in [5.74, 6) is -0.411. The smallest absolute Gasteiger partial charge is 0.387 e. The lowest BCUT2D eigenvalue weighted by atomic mass is 10.1. The van der Waals surface area contributed by atoms with Gasteiger partial charge < -0.3 is 14.4 Å². The number of hydrogen-bond acceptors (Lipinski definition) is 5. The Kier molecular flexibility index (Phi) is 6.53. The summed E-state index contributed by atoms with van der Waals surface area (Å²) in [7, 11) is 2.91. The molecule has 9 heteroatoms. The third-order valence-corrected chi connectivity index (χ3v) is 5.22. The Morgan fingerprint density at radius 2 is 1.68 bits per heavy atom. The Morgan fingerprint density at radius 3 is 2.35 bits per heavy atom. The molecule has 0 spiro atoms. The summed E-state index contributed by atoms with van der Waals surface area (Å²) in [4.78, 5) is 27.8. The molecule has 34 heavy (non-hydrogen) atoms. The van der Waals surface area contributed by atoms with Gasteiger partial charge in [-0.25, -0.2) is 0 Å². The van der Waals surface area contributed by atoms with Crippen LogP contribution in [0.4, 0.5) is 8.78 Å². The summed E-state index contributed by atoms with van der Waals surface area (Å²) in [5.41, 5.74) is 0.830. The van der Waals surface area contributed by atoms with Crippen molar-refractivity contribution < 1.29 is 23.0 Å². The van der Waals surface area contributed by atoms with Gasteiger partial charge in [0.25, 0.3) is 11.5 Å². The minimum absolute atomic E-state index is 0.0862. The first-order chi connectivity index (χ1) is 16.4. The molecule has 1 aromatic heterocycles. The van der Waals surface area contributed by atoms with Crippen molar-refractivity contribution in [1.82, 2.24) is 14.7 Å². The molecule has 0 aliphatic rings. The predicted molar refractivity (Wildman–Crippen MR) is 123 cm³/mol. The second-order valence-electron chi connectivity index (χ2n) is 7.47. The highest BCUT2D eigenvalue weighted by molar-refractivity contribution is 6.04. The van der Waals surface area contributed by atoms with Crippen LogP contribution in [-0.2, 0) is 6.54 Å². The van der Waals surface area contributed by atoms with Crippen LogP contribution in [0.2, 0.25) is 0 Å². The summed E-state index contributed by atoms with van der Waals surface area (Å²) in [6, 6.07) is 20.1. The SMILES string of the molecule is COc1ccc(CN(C)C(=O)c2nn(-c3ccccc3)c(=O)c3ccccc23)cc1OC(F)F. The normalized spacial score (nSPS) is 11.0. The third-order valence-electron chi connectivity index (χ3n) is 5.22. The van der Waals surface area contributed by atoms with Crippen molar-refractivity contribution in [3.05, 3.63) is 94.4 Å². The van der Waals surface area contributed by atoms with Crippen LogP contribution in [-0.4, -0.2) is 41.4 Å². The van der Waals surface area contributed by atoms with Crippen LogP contribution < -0.4 is 15.0 Å². The van der Waals surface area contributed by atoms with Crippen molar-refractivity contribution in [2.24, 2.45) is 0 Å². The van der Waals surface area contributed by atoms with Crippen LogP contribution in [0.1, 0.15) is 16.1 Å². The fraction of sp³-hybridized carbons (Fsp3) is 0.160. The second kappa shape index (κ2) is 9.70. The first-order valence-electron chi connectivity index (χ1n) is 10.3. The largest absolute Gasteiger partial charge is 0.493 e. The molecular formula is C25H21F2N3O4. The lowest BCUT2D eigenvalue weighted by Crippen LogP contribution is -2.31. The molecule has 0 unspecified atom stereocenters. The van der Waals surface area contributed by atoms with Gasteiger partial charge in [0.2, 0.25) is 0 Å². The van der Waals surface area contributed by atoms with Gasteiger partial charge in [0.1, 0.15) is 0 Å². The highest BCUT2D eigenvalue weighted by atomic mass is 19.3. The monoisotopic (exact) mass is 465 g/mol. The van der Waals surface area contributed by atoms with E-state index in [9.17, 15) is 18.4 Å². The fourth-order valence-corrected chi connectivity index (χ4v) is 3.63. The van der Waals surface area contributed by atoms with E-state index in [4.69, 9.17) is 4.74 Å². The topological polar surface area (TPSA) is 73.7 Å². The lowest BCUT2D eigenvalue weighted by Gasteiger charge is -2.19. The number of carbonyl (C=O) groups excluding carboxylic acids is 1. The lowest BCUT2D eigenvalue weighted by molar-refractivity contribution is -0.0512. The third kappa shape index (κ3) is 4.59. The van der Waals surface area contributed by atoms with E-state index < -0.39 is 12.5 Å². The zero-order valence-corrected chi connectivity index (χ0v) is 18.4. The summed E-state index contributed by atoms with van der Waals surface area (Å²) >= 11 is 0. The number of amides is 1. The summed E-state index contributed by atoms with van der Waals surface area (Å²) < 4.78 is 36.3. The average Bonchev–Trinajstić information content (AvgIpc) is 2.84. The van der Waals surface area contributed by atoms with Crippen molar-refractivity contribution in [3.8, 4) is 17.2 Å². The molecule has 0 aliphatic heterocycles. The van der Waals surface area contributed by atoms with Gasteiger partial charge in [-0.15, -0.1) is 0 Å². The number of hydrogen-bond donors (Lipinski definition) is 0. The van der Waals surface area contributed by atoms with E-state index in [0.717, 1.165) is 0 Å². The Labute approximate surface area is 193 Å². The number of fused-ring (bicyclic) bond motifs is 1. The van der Waals surface area contributed by atoms with Crippen molar-refractivity contribution in [2.75, 3.05) is 14.2 Å². The second-order valence-corrected chi connectivity index (χ2v) is 7.47. The zero-order chi connectivity index (χ0) is 24.2. The quantitative estimate of drug-likeness (QED) is 0.408. The fourth-order valence-electron chi connectivity index (χ4n) is 3.63. The summed E-state index contributed by atoms with van der Waals surface area (Å²) in [5, 5.41) is 5.17. The maximum absolute atomic E-state index is 13.4. The zero-order valence-electron chi connectivity index (χ0n) is 18.4. The van der Waals surface area contributed by atoms with Crippen LogP contribution in [0.25, 0.3) is 16.5 Å². The molecule has 0 aliphatic carbocycles. The first kappa shape index (κ1) is 22.9. The van der Waals surface area contributed by atoms with Gasteiger partial charge in [-0.2, -0.15) is 18.6 Å². The van der Waals surface area contributed by atoms with E-state index in [1.165, 1.54) is 28.8 Å². The number of halogens is 2. The molecule has 0 N–H and O–H groups in total. The number of aromatic nitrogens is 2. The van der Waals surface area contributed by atoms with Crippen LogP contribution in [0.15, 0.2) is 77.6 Å². The minimum Gasteiger partial charge on any atom is -0.493 e. The number of para-hydroxylation sites is 1. The standard InChI is InChI=1S/C25H21F2N3O4/c1-29(15-16-12-13-20(33-2)21(14-16)34-25(26)27)24(32)22-18-10-6-7-11-19(18)23(31)30(28-22)17-8-4-3-5-9-17/h3-14,25H,15H2,1-2H3. The van der Waals surface area contributed by atoms with Crippen molar-refractivity contribution in [1.29, 1.82) is 0 Å². The Bertz CT molecular complexity index is 1390. The predicted octanol–water partition coefficient (Wildman–Crippen LogP) is 4.27. The molecule has 4 aromatic rings. The molecular weight excluding hydrogens is 444 g/mol. The van der Waals surface area contributed by atoms with E-state index in [-0.39, 0.29) is 29.3 Å². The van der Waals surface area contributed by atoms with Crippen LogP contribution in [0, 0.1) is 0 Å². The van der Waals surface area contributed by atoms with E-state index in [2.05, 4.69) is 9.84 Å². The first-order valence-corrected chi connectivity index (χ1v) is 10.3. The molecule has 174 valence electrons. The number of alkyl halides is 2. The molecule has 0 saturated heterocycles. The van der Waals surface area contributed by atoms with Crippen LogP contribution in [0.5, 0.6) is 11.5 Å². The molecule has 7 nitrogen and oxygen atoms in total. The number of ether oxygens (including phenoxy) is 2. The van der Waals surface area contributed by atoms with E-state index in [1.54, 1.807) is 61.6 Å². The van der Waals surface area contributed by atoms with Gasteiger partial charge >= 0.3 is 6.61 Å². The number of methoxy groups -OCH3 is 1. The maximum atomic E-state index is 13.4. The van der Waals surface area contributed by atoms with Gasteiger partial charge in [-0.05, 0) is 35.9 Å². The number of benzene rings is 3. The van der Waals surface area contributed by atoms with Crippen LogP contribution in [0.3, 0.4) is 0 Å². The van der Waals surface area contributed by atoms with Gasteiger partial charge in [0.05, 0.1) is 18.2 Å². The van der Waals surface area contributed by atoms with Crippen molar-refractivity contribution in [2.45, 2.75) is 13.2 Å². The minimum atomic E-state index is -3.02. The Morgan fingerprint density at radius 1 is 1.00 bits per heavy atom. The van der Waals surface area contributed by atoms with Gasteiger partial charge in [0.15, 0.2) is 17.2 Å². The summed E-state index contributed by atoms with van der Waals surface area (Å²) in [6.45, 7) is -2.93. The number of rotatable bonds is 7. The number of nitrogens with zero attached hydrogens (tertiary/aromatic N) is 3. The van der Waals surface area contributed by atoms with Gasteiger partial charge in [-0.3, -0.25) is 9.59 Å². The van der Waals surface area contributed by atoms with E-state index in [1.807, 2.05) is 6.07 Å². The molecule has 0 atom stereocenters. The number of carbonyl (C=O) groups is 1. The average molecular weight is 465 g/mol. The molecule has 0 fully saturated rings. The molecule has 1 heterocycles. The van der Waals surface area contributed by atoms with Gasteiger partial charge in [0, 0.05) is 19.0 Å². The van der Waals surface area contributed by atoms with E-state index >= 15 is 0 Å². The maximum Gasteiger partial charge on any atom is 0.387 e. The van der Waals surface area contributed by atoms with E-state index in [0.29, 0.717) is 22.0 Å². The molecule has 3 aromatic carbocycles. The highest BCUT2D eigenvalue weighted by Crippen LogP contribution is 2.30. The highest BCUT2D eigenvalue weighted by Gasteiger charge is 2.21. The molecule has 1 amide bonds. The van der Waals surface area contributed by atoms with Gasteiger partial charge in [-0.1, -0.05) is 42.5 Å². The van der Waals surface area contributed by atoms with Crippen molar-refractivity contribution in [3.63, 3.8) is 0 Å². The Balaban J connectivity index is 1.72. The molecule has 0 saturated carbocycles. The summed E-state index contributed by atoms with van der Waals surface area (Å²) in [6.07, 6.45) is 0. The molecule has 0 radical (unpaired) electrons. The molecule has 4 rings (SSSR count). The Hall–Kier alpha value is -4.27. The van der Waals surface area contributed by atoms with Crippen LogP contribution >= 0.6 is 0 Å². The molecule has 0 bridgehead atoms.